The molecule has 2 N–H and O–H groups in total. The highest BCUT2D eigenvalue weighted by Crippen LogP contribution is 2.33. The number of hydrogen-bond acceptors (Lipinski definition) is 4. The van der Waals surface area contributed by atoms with Crippen LogP contribution in [0.4, 0.5) is 5.69 Å². The summed E-state index contributed by atoms with van der Waals surface area (Å²) in [6.45, 7) is 0.0488. The van der Waals surface area contributed by atoms with E-state index < -0.39 is 6.04 Å². The highest BCUT2D eigenvalue weighted by Gasteiger charge is 2.22. The molecule has 0 aliphatic carbocycles. The lowest BCUT2D eigenvalue weighted by atomic mass is 10.1. The molecule has 2 rings (SSSR count). The van der Waals surface area contributed by atoms with Crippen molar-refractivity contribution in [3.8, 4) is 11.8 Å². The number of carbonyl (C=O) groups is 1. The van der Waals surface area contributed by atoms with E-state index in [0.29, 0.717) is 17.0 Å². The maximum atomic E-state index is 11.4. The van der Waals surface area contributed by atoms with E-state index in [-0.39, 0.29) is 12.5 Å². The van der Waals surface area contributed by atoms with E-state index in [0.717, 1.165) is 0 Å². The molecule has 1 heterocycles. The standard InChI is InChI=1S/C11H11N3O2/c1-14-9-4-7(8(13)5-12)2-3-10(9)16-6-11(14)15/h2-4,8H,6,13H2,1H3. The largest absolute Gasteiger partial charge is 0.482 e. The molecule has 0 aromatic heterocycles. The number of benzene rings is 1. The molecule has 0 saturated heterocycles. The second-order valence-corrected chi connectivity index (χ2v) is 3.58. The Bertz CT molecular complexity index is 479. The van der Waals surface area contributed by atoms with E-state index in [9.17, 15) is 4.79 Å². The number of hydrogen-bond donors (Lipinski definition) is 1. The number of anilines is 1. The lowest BCUT2D eigenvalue weighted by molar-refractivity contribution is -0.120. The Labute approximate surface area is 93.0 Å². The molecule has 1 aromatic rings. The fourth-order valence-corrected chi connectivity index (χ4v) is 1.56. The molecule has 0 spiro atoms. The molecule has 1 aliphatic heterocycles. The van der Waals surface area contributed by atoms with Crippen LogP contribution < -0.4 is 15.4 Å². The lowest BCUT2D eigenvalue weighted by Gasteiger charge is -2.26. The monoisotopic (exact) mass is 217 g/mol. The molecule has 82 valence electrons. The first-order valence-electron chi connectivity index (χ1n) is 4.82. The van der Waals surface area contributed by atoms with Gasteiger partial charge in [0.25, 0.3) is 5.91 Å². The maximum Gasteiger partial charge on any atom is 0.264 e. The Hall–Kier alpha value is -2.06. The second-order valence-electron chi connectivity index (χ2n) is 3.58. The van der Waals surface area contributed by atoms with Gasteiger partial charge in [0.2, 0.25) is 0 Å². The van der Waals surface area contributed by atoms with Crippen LogP contribution in [0.5, 0.6) is 5.75 Å². The molecular weight excluding hydrogens is 206 g/mol. The van der Waals surface area contributed by atoms with Crippen molar-refractivity contribution in [3.63, 3.8) is 0 Å². The van der Waals surface area contributed by atoms with Crippen molar-refractivity contribution in [1.29, 1.82) is 5.26 Å². The van der Waals surface area contributed by atoms with Gasteiger partial charge >= 0.3 is 0 Å². The fourth-order valence-electron chi connectivity index (χ4n) is 1.56. The summed E-state index contributed by atoms with van der Waals surface area (Å²) < 4.78 is 5.26. The molecule has 0 saturated carbocycles. The van der Waals surface area contributed by atoms with Crippen molar-refractivity contribution < 1.29 is 9.53 Å². The van der Waals surface area contributed by atoms with Gasteiger partial charge in [-0.1, -0.05) is 6.07 Å². The van der Waals surface area contributed by atoms with E-state index in [4.69, 9.17) is 15.7 Å². The molecule has 1 amide bonds. The maximum absolute atomic E-state index is 11.4. The van der Waals surface area contributed by atoms with Crippen molar-refractivity contribution in [3.05, 3.63) is 23.8 Å². The van der Waals surface area contributed by atoms with Crippen LogP contribution in [0, 0.1) is 11.3 Å². The Balaban J connectivity index is 2.45. The predicted molar refractivity (Wildman–Crippen MR) is 57.9 cm³/mol. The summed E-state index contributed by atoms with van der Waals surface area (Å²) in [4.78, 5) is 12.9. The average Bonchev–Trinajstić information content (AvgIpc) is 2.32. The smallest absolute Gasteiger partial charge is 0.264 e. The summed E-state index contributed by atoms with van der Waals surface area (Å²) in [5.41, 5.74) is 6.93. The van der Waals surface area contributed by atoms with Gasteiger partial charge in [-0.2, -0.15) is 5.26 Å². The first-order chi connectivity index (χ1) is 7.63. The van der Waals surface area contributed by atoms with E-state index >= 15 is 0 Å². The highest BCUT2D eigenvalue weighted by atomic mass is 16.5. The van der Waals surface area contributed by atoms with Gasteiger partial charge < -0.3 is 15.4 Å². The molecule has 0 fully saturated rings. The van der Waals surface area contributed by atoms with E-state index in [1.807, 2.05) is 6.07 Å². The van der Waals surface area contributed by atoms with Crippen LogP contribution in [0.3, 0.4) is 0 Å². The van der Waals surface area contributed by atoms with E-state index in [1.54, 1.807) is 25.2 Å². The summed E-state index contributed by atoms with van der Waals surface area (Å²) in [5, 5.41) is 8.72. The number of ether oxygens (including phenoxy) is 1. The quantitative estimate of drug-likeness (QED) is 0.745. The summed E-state index contributed by atoms with van der Waals surface area (Å²) in [6.07, 6.45) is 0. The summed E-state index contributed by atoms with van der Waals surface area (Å²) >= 11 is 0. The van der Waals surface area contributed by atoms with Gasteiger partial charge in [0.05, 0.1) is 11.8 Å². The van der Waals surface area contributed by atoms with Crippen LogP contribution in [0.2, 0.25) is 0 Å². The topological polar surface area (TPSA) is 79.3 Å². The zero-order valence-corrected chi connectivity index (χ0v) is 8.80. The third-order valence-electron chi connectivity index (χ3n) is 2.57. The van der Waals surface area contributed by atoms with Gasteiger partial charge in [-0.05, 0) is 17.7 Å². The molecule has 0 radical (unpaired) electrons. The van der Waals surface area contributed by atoms with Gasteiger partial charge in [-0.15, -0.1) is 0 Å². The number of rotatable bonds is 1. The molecular formula is C11H11N3O2. The first kappa shape index (κ1) is 10.5. The van der Waals surface area contributed by atoms with Gasteiger partial charge in [-0.25, -0.2) is 0 Å². The van der Waals surface area contributed by atoms with Crippen molar-refractivity contribution in [2.75, 3.05) is 18.6 Å². The molecule has 16 heavy (non-hydrogen) atoms. The van der Waals surface area contributed by atoms with Crippen molar-refractivity contribution >= 4 is 11.6 Å². The number of likely N-dealkylation sites (N-methyl/N-ethyl adjacent to an activating group) is 1. The van der Waals surface area contributed by atoms with Gasteiger partial charge in [0.15, 0.2) is 6.61 Å². The lowest BCUT2D eigenvalue weighted by Crippen LogP contribution is -2.35. The van der Waals surface area contributed by atoms with Crippen LogP contribution in [0.1, 0.15) is 11.6 Å². The zero-order chi connectivity index (χ0) is 11.7. The van der Waals surface area contributed by atoms with Crippen LogP contribution in [0.25, 0.3) is 0 Å². The molecule has 1 aromatic carbocycles. The fraction of sp³-hybridized carbons (Fsp3) is 0.273. The minimum Gasteiger partial charge on any atom is -0.482 e. The number of fused-ring (bicyclic) bond motifs is 1. The number of nitriles is 1. The Morgan fingerprint density at radius 3 is 3.06 bits per heavy atom. The van der Waals surface area contributed by atoms with E-state index in [1.165, 1.54) is 4.90 Å². The summed E-state index contributed by atoms with van der Waals surface area (Å²) in [5.74, 6) is 0.520. The van der Waals surface area contributed by atoms with Crippen LogP contribution >= 0.6 is 0 Å². The van der Waals surface area contributed by atoms with Crippen LogP contribution in [-0.4, -0.2) is 19.6 Å². The number of nitrogens with zero attached hydrogens (tertiary/aromatic N) is 2. The van der Waals surface area contributed by atoms with Gasteiger partial charge in [0.1, 0.15) is 11.8 Å². The molecule has 1 atom stereocenters. The van der Waals surface area contributed by atoms with Gasteiger partial charge in [-0.3, -0.25) is 4.79 Å². The van der Waals surface area contributed by atoms with E-state index in [2.05, 4.69) is 0 Å². The molecule has 5 heteroatoms. The minimum atomic E-state index is -0.685. The predicted octanol–water partition coefficient (Wildman–Crippen LogP) is 0.565. The van der Waals surface area contributed by atoms with Crippen molar-refractivity contribution in [2.45, 2.75) is 6.04 Å². The normalized spacial score (nSPS) is 16.1. The molecule has 0 bridgehead atoms. The van der Waals surface area contributed by atoms with Crippen molar-refractivity contribution in [1.82, 2.24) is 0 Å². The average molecular weight is 217 g/mol. The molecule has 1 aliphatic rings. The van der Waals surface area contributed by atoms with Crippen LogP contribution in [-0.2, 0) is 4.79 Å². The molecule has 5 nitrogen and oxygen atoms in total. The van der Waals surface area contributed by atoms with Crippen LogP contribution in [0.15, 0.2) is 18.2 Å². The Morgan fingerprint density at radius 1 is 1.62 bits per heavy atom. The Morgan fingerprint density at radius 2 is 2.38 bits per heavy atom. The first-order valence-corrected chi connectivity index (χ1v) is 4.82. The third kappa shape index (κ3) is 1.59. The second kappa shape index (κ2) is 3.83. The number of carbonyl (C=O) groups excluding carboxylic acids is 1. The number of amides is 1. The summed E-state index contributed by atoms with van der Waals surface area (Å²) in [6, 6.07) is 6.43. The Kier molecular flexibility index (Phi) is 2.50. The zero-order valence-electron chi connectivity index (χ0n) is 8.80. The SMILES string of the molecule is CN1C(=O)COc2ccc(C(N)C#N)cc21. The van der Waals surface area contributed by atoms with Crippen molar-refractivity contribution in [2.24, 2.45) is 5.73 Å². The van der Waals surface area contributed by atoms with Gasteiger partial charge in [0, 0.05) is 7.05 Å². The summed E-state index contributed by atoms with van der Waals surface area (Å²) in [7, 11) is 1.67. The minimum absolute atomic E-state index is 0.0488. The third-order valence-corrected chi connectivity index (χ3v) is 2.57. The highest BCUT2D eigenvalue weighted by molar-refractivity contribution is 5.97. The molecule has 1 unspecified atom stereocenters. The number of nitrogens with two attached hydrogens (primary N) is 1.